The molecule has 1 aliphatic heterocycles. The van der Waals surface area contributed by atoms with Gasteiger partial charge in [0, 0.05) is 25.7 Å². The number of nitrogens with zero attached hydrogens (tertiary/aromatic N) is 2. The highest BCUT2D eigenvalue weighted by atomic mass is 16.5. The maximum Gasteiger partial charge on any atom is 0.338 e. The van der Waals surface area contributed by atoms with Crippen LogP contribution in [0.25, 0.3) is 0 Å². The van der Waals surface area contributed by atoms with Crippen LogP contribution in [0, 0.1) is 0 Å². The van der Waals surface area contributed by atoms with Crippen molar-refractivity contribution < 1.29 is 19.4 Å². The second-order valence-corrected chi connectivity index (χ2v) is 5.54. The van der Waals surface area contributed by atoms with Crippen LogP contribution in [0.3, 0.4) is 0 Å². The maximum absolute atomic E-state index is 12.4. The molecule has 1 aromatic rings. The first-order valence-corrected chi connectivity index (χ1v) is 7.41. The number of likely N-dealkylation sites (tertiary alicyclic amines) is 1. The molecule has 1 heterocycles. The van der Waals surface area contributed by atoms with Gasteiger partial charge in [0.25, 0.3) is 5.91 Å². The molecule has 1 aromatic carbocycles. The molecule has 1 N–H and O–H groups in total. The van der Waals surface area contributed by atoms with Gasteiger partial charge in [-0.25, -0.2) is 4.79 Å². The van der Waals surface area contributed by atoms with Gasteiger partial charge in [-0.05, 0) is 44.1 Å². The van der Waals surface area contributed by atoms with Gasteiger partial charge in [-0.15, -0.1) is 0 Å². The van der Waals surface area contributed by atoms with E-state index in [1.54, 1.807) is 11.9 Å². The summed E-state index contributed by atoms with van der Waals surface area (Å²) in [6, 6.07) is 4.09. The molecule has 1 aliphatic rings. The minimum absolute atomic E-state index is 0.126. The Hall–Kier alpha value is -2.08. The molecule has 0 radical (unpaired) electrons. The van der Waals surface area contributed by atoms with Crippen LogP contribution < -0.4 is 0 Å². The Morgan fingerprint density at radius 3 is 2.50 bits per heavy atom. The number of ether oxygens (including phenoxy) is 1. The summed E-state index contributed by atoms with van der Waals surface area (Å²) in [7, 11) is 2.98. The molecular weight excluding hydrogens is 284 g/mol. The zero-order chi connectivity index (χ0) is 16.1. The number of likely N-dealkylation sites (N-methyl/N-ethyl adjacent to an activating group) is 1. The molecule has 0 bridgehead atoms. The lowest BCUT2D eigenvalue weighted by Gasteiger charge is -2.21. The summed E-state index contributed by atoms with van der Waals surface area (Å²) in [5.41, 5.74) is 0.447. The van der Waals surface area contributed by atoms with Crippen molar-refractivity contribution in [1.82, 2.24) is 9.80 Å². The lowest BCUT2D eigenvalue weighted by molar-refractivity contribution is 0.0600. The van der Waals surface area contributed by atoms with Crippen LogP contribution in [0.5, 0.6) is 5.75 Å². The van der Waals surface area contributed by atoms with Gasteiger partial charge in [-0.3, -0.25) is 4.79 Å². The Kier molecular flexibility index (Phi) is 5.38. The van der Waals surface area contributed by atoms with Gasteiger partial charge in [-0.2, -0.15) is 0 Å². The van der Waals surface area contributed by atoms with Crippen LogP contribution in [0.2, 0.25) is 0 Å². The monoisotopic (exact) mass is 306 g/mol. The third-order valence-corrected chi connectivity index (χ3v) is 3.88. The molecule has 0 saturated carbocycles. The lowest BCUT2D eigenvalue weighted by Crippen LogP contribution is -2.35. The fourth-order valence-corrected chi connectivity index (χ4v) is 2.59. The fraction of sp³-hybridized carbons (Fsp3) is 0.500. The van der Waals surface area contributed by atoms with E-state index >= 15 is 0 Å². The van der Waals surface area contributed by atoms with E-state index in [1.165, 1.54) is 38.2 Å². The van der Waals surface area contributed by atoms with Crippen LogP contribution in [0.4, 0.5) is 0 Å². The second kappa shape index (κ2) is 7.26. The number of amides is 1. The van der Waals surface area contributed by atoms with Gasteiger partial charge in [0.15, 0.2) is 0 Å². The fourth-order valence-electron chi connectivity index (χ4n) is 2.59. The minimum Gasteiger partial charge on any atom is -0.508 e. The smallest absolute Gasteiger partial charge is 0.338 e. The number of hydrogen-bond acceptors (Lipinski definition) is 5. The zero-order valence-electron chi connectivity index (χ0n) is 13.0. The van der Waals surface area contributed by atoms with Crippen LogP contribution in [0.15, 0.2) is 18.2 Å². The van der Waals surface area contributed by atoms with Gasteiger partial charge in [0.2, 0.25) is 0 Å². The quantitative estimate of drug-likeness (QED) is 0.832. The summed E-state index contributed by atoms with van der Waals surface area (Å²) in [5.74, 6) is -0.927. The number of carbonyl (C=O) groups excluding carboxylic acids is 2. The number of carbonyl (C=O) groups is 2. The number of phenols is 1. The minimum atomic E-state index is -0.579. The van der Waals surface area contributed by atoms with E-state index in [1.807, 2.05) is 0 Å². The highest BCUT2D eigenvalue weighted by Gasteiger charge is 2.18. The summed E-state index contributed by atoms with van der Waals surface area (Å²) >= 11 is 0. The van der Waals surface area contributed by atoms with E-state index in [0.717, 1.165) is 19.6 Å². The third kappa shape index (κ3) is 3.98. The number of aromatic hydroxyl groups is 1. The predicted octanol–water partition coefficient (Wildman–Crippen LogP) is 1.35. The molecule has 0 aliphatic carbocycles. The molecule has 1 amide bonds. The molecule has 1 fully saturated rings. The lowest BCUT2D eigenvalue weighted by atomic mass is 10.1. The second-order valence-electron chi connectivity index (χ2n) is 5.54. The number of phenolic OH excluding ortho intramolecular Hbond substituents is 1. The molecular formula is C16H22N2O4. The average molecular weight is 306 g/mol. The van der Waals surface area contributed by atoms with Crippen LogP contribution in [0.1, 0.15) is 33.6 Å². The third-order valence-electron chi connectivity index (χ3n) is 3.88. The molecule has 1 saturated heterocycles. The van der Waals surface area contributed by atoms with E-state index in [0.29, 0.717) is 6.54 Å². The average Bonchev–Trinajstić information content (AvgIpc) is 3.03. The molecule has 0 spiro atoms. The van der Waals surface area contributed by atoms with Crippen molar-refractivity contribution in [2.75, 3.05) is 40.3 Å². The summed E-state index contributed by atoms with van der Waals surface area (Å²) in [6.07, 6.45) is 2.43. The number of methoxy groups -OCH3 is 1. The van der Waals surface area contributed by atoms with Gasteiger partial charge in [0.05, 0.1) is 12.7 Å². The highest BCUT2D eigenvalue weighted by Crippen LogP contribution is 2.18. The van der Waals surface area contributed by atoms with E-state index in [-0.39, 0.29) is 22.8 Å². The van der Waals surface area contributed by atoms with Gasteiger partial charge >= 0.3 is 5.97 Å². The Morgan fingerprint density at radius 1 is 1.23 bits per heavy atom. The van der Waals surface area contributed by atoms with Gasteiger partial charge in [-0.1, -0.05) is 0 Å². The van der Waals surface area contributed by atoms with E-state index < -0.39 is 5.97 Å². The molecule has 0 atom stereocenters. The molecule has 22 heavy (non-hydrogen) atoms. The van der Waals surface area contributed by atoms with Crippen LogP contribution in [-0.4, -0.2) is 67.1 Å². The standard InChI is InChI=1S/C16H22N2O4/c1-17(7-8-18-5-3-4-6-18)15(20)12-9-13(16(21)22-2)11-14(19)10-12/h9-11,19H,3-8H2,1-2H3. The molecule has 2 rings (SSSR count). The molecule has 6 heteroatoms. The van der Waals surface area contributed by atoms with Crippen molar-refractivity contribution in [3.05, 3.63) is 29.3 Å². The number of hydrogen-bond donors (Lipinski definition) is 1. The van der Waals surface area contributed by atoms with Crippen LogP contribution >= 0.6 is 0 Å². The van der Waals surface area contributed by atoms with Gasteiger partial charge < -0.3 is 19.6 Å². The SMILES string of the molecule is COC(=O)c1cc(O)cc(C(=O)N(C)CCN2CCCC2)c1. The summed E-state index contributed by atoms with van der Waals surface area (Å²) in [4.78, 5) is 27.9. The molecule has 120 valence electrons. The Labute approximate surface area is 130 Å². The van der Waals surface area contributed by atoms with Crippen molar-refractivity contribution in [2.45, 2.75) is 12.8 Å². The predicted molar refractivity (Wildman–Crippen MR) is 82.1 cm³/mol. The molecule has 0 unspecified atom stereocenters. The van der Waals surface area contributed by atoms with Gasteiger partial charge in [0.1, 0.15) is 5.75 Å². The Bertz CT molecular complexity index is 553. The Morgan fingerprint density at radius 2 is 1.86 bits per heavy atom. The normalized spacial score (nSPS) is 14.8. The number of esters is 1. The van der Waals surface area contributed by atoms with E-state index in [2.05, 4.69) is 9.64 Å². The van der Waals surface area contributed by atoms with Crippen molar-refractivity contribution in [3.63, 3.8) is 0 Å². The number of rotatable bonds is 5. The Balaban J connectivity index is 2.04. The largest absolute Gasteiger partial charge is 0.508 e. The van der Waals surface area contributed by atoms with Crippen molar-refractivity contribution in [2.24, 2.45) is 0 Å². The first-order chi connectivity index (χ1) is 10.5. The summed E-state index contributed by atoms with van der Waals surface area (Å²) < 4.78 is 4.62. The molecule has 0 aromatic heterocycles. The topological polar surface area (TPSA) is 70.1 Å². The van der Waals surface area contributed by atoms with Crippen molar-refractivity contribution >= 4 is 11.9 Å². The van der Waals surface area contributed by atoms with Crippen molar-refractivity contribution in [1.29, 1.82) is 0 Å². The highest BCUT2D eigenvalue weighted by molar-refractivity contribution is 5.98. The summed E-state index contributed by atoms with van der Waals surface area (Å²) in [5, 5.41) is 9.68. The first kappa shape index (κ1) is 16.3. The van der Waals surface area contributed by atoms with E-state index in [9.17, 15) is 14.7 Å². The number of benzene rings is 1. The first-order valence-electron chi connectivity index (χ1n) is 7.41. The zero-order valence-corrected chi connectivity index (χ0v) is 13.0. The molecule has 6 nitrogen and oxygen atoms in total. The maximum atomic E-state index is 12.4. The van der Waals surface area contributed by atoms with Crippen LogP contribution in [-0.2, 0) is 4.74 Å². The van der Waals surface area contributed by atoms with Crippen molar-refractivity contribution in [3.8, 4) is 5.75 Å². The summed E-state index contributed by atoms with van der Waals surface area (Å²) in [6.45, 7) is 3.62. The van der Waals surface area contributed by atoms with E-state index in [4.69, 9.17) is 0 Å².